The topological polar surface area (TPSA) is 0 Å². The smallest absolute Gasteiger partial charge is 0.0171 e. The van der Waals surface area contributed by atoms with Crippen LogP contribution in [0.5, 0.6) is 0 Å². The molecule has 0 bridgehead atoms. The maximum absolute atomic E-state index is 2.39. The first-order chi connectivity index (χ1) is 29.7. The van der Waals surface area contributed by atoms with Gasteiger partial charge in [-0.1, -0.05) is 182 Å². The van der Waals surface area contributed by atoms with Gasteiger partial charge in [0, 0.05) is 0 Å². The molecule has 0 aliphatic heterocycles. The summed E-state index contributed by atoms with van der Waals surface area (Å²) in [5, 5.41) is 0. The molecule has 0 nitrogen and oxygen atoms in total. The minimum absolute atomic E-state index is 0. The summed E-state index contributed by atoms with van der Waals surface area (Å²) in [5.74, 6) is 0. The van der Waals surface area contributed by atoms with Gasteiger partial charge in [-0.15, -0.1) is 0 Å². The highest BCUT2D eigenvalue weighted by Crippen LogP contribution is 2.41. The summed E-state index contributed by atoms with van der Waals surface area (Å²) in [4.78, 5) is 0. The number of hydrogen-bond donors (Lipinski definition) is 0. The van der Waals surface area contributed by atoms with Gasteiger partial charge in [0.05, 0.1) is 0 Å². The summed E-state index contributed by atoms with van der Waals surface area (Å²) in [6.45, 7) is 0. The fourth-order valence-electron chi connectivity index (χ4n) is 8.29. The highest BCUT2D eigenvalue weighted by molar-refractivity contribution is 5.90. The average molecular weight is 963 g/mol. The minimum atomic E-state index is 0. The van der Waals surface area contributed by atoms with Crippen LogP contribution in [-0.4, -0.2) is 0 Å². The molecule has 0 atom stereocenters. The molecule has 0 aliphatic rings. The summed E-state index contributed by atoms with van der Waals surface area (Å²) < 4.78 is 0. The normalized spacial score (nSPS) is 9.43. The summed E-state index contributed by atoms with van der Waals surface area (Å²) >= 11 is 0. The van der Waals surface area contributed by atoms with E-state index in [4.69, 9.17) is 0 Å². The van der Waals surface area contributed by atoms with E-state index in [2.05, 4.69) is 255 Å². The van der Waals surface area contributed by atoms with Gasteiger partial charge in [-0.3, -0.25) is 47.0 Å². The molecule has 0 radical (unpaired) electrons. The first-order valence-electron chi connectivity index (χ1n) is 20.6. The third-order valence-corrected chi connectivity index (χ3v) is 11.4. The van der Waals surface area contributed by atoms with Crippen molar-refractivity contribution in [2.75, 3.05) is 0 Å². The van der Waals surface area contributed by atoms with Crippen molar-refractivity contribution in [1.82, 2.24) is 0 Å². The molecule has 362 valence electrons. The van der Waals surface area contributed by atoms with Gasteiger partial charge in [0.25, 0.3) is 0 Å². The van der Waals surface area contributed by atoms with E-state index >= 15 is 0 Å². The van der Waals surface area contributed by atoms with E-state index in [1.807, 2.05) is 0 Å². The molecular weight excluding hydrogens is 911 g/mol. The molecule has 10 rings (SSSR count). The molecule has 10 aromatic carbocycles. The van der Waals surface area contributed by atoms with Crippen LogP contribution in [0.3, 0.4) is 0 Å². The van der Waals surface area contributed by atoms with Crippen molar-refractivity contribution in [3.63, 3.8) is 0 Å². The molecule has 0 heterocycles. The van der Waals surface area contributed by atoms with Crippen LogP contribution in [0.15, 0.2) is 255 Å². The lowest BCUT2D eigenvalue weighted by molar-refractivity contribution is 1.11. The maximum atomic E-state index is 2.39. The second-order valence-corrected chi connectivity index (χ2v) is 15.4. The van der Waals surface area contributed by atoms with Crippen LogP contribution < -0.4 is 0 Å². The fraction of sp³-hybridized carbons (Fsp3) is 0. The Morgan fingerprint density at radius 2 is 0.186 bits per heavy atom. The molecule has 0 aliphatic carbocycles. The van der Waals surface area contributed by atoms with Gasteiger partial charge in [0.2, 0.25) is 0 Å². The predicted molar refractivity (Wildman–Crippen MR) is 280 cm³/mol. The van der Waals surface area contributed by atoms with Gasteiger partial charge in [-0.25, -0.2) is 0 Å². The number of benzene rings is 10. The van der Waals surface area contributed by atoms with Crippen molar-refractivity contribution in [1.29, 1.82) is 0 Å². The zero-order valence-corrected chi connectivity index (χ0v) is 37.3. The van der Waals surface area contributed by atoms with E-state index in [0.29, 0.717) is 0 Å². The Kier molecular flexibility index (Phi) is 24.6. The van der Waals surface area contributed by atoms with Gasteiger partial charge in [-0.2, -0.15) is 0 Å². The molecule has 0 spiro atoms. The van der Waals surface area contributed by atoms with Gasteiger partial charge < -0.3 is 0 Å². The third-order valence-electron chi connectivity index (χ3n) is 11.4. The Balaban J connectivity index is 0.00000476. The Labute approximate surface area is 400 Å². The first-order valence-corrected chi connectivity index (χ1v) is 20.6. The first kappa shape index (κ1) is 61.5. The van der Waals surface area contributed by atoms with E-state index in [0.717, 1.165) is 16.7 Å². The quantitative estimate of drug-likeness (QED) is 0.126. The predicted octanol–water partition coefficient (Wildman–Crippen LogP) is 18.2. The Hall–Kier alpha value is -8.50. The molecule has 0 aromatic heterocycles. The van der Waals surface area contributed by atoms with Crippen LogP contribution in [-0.2, 0) is 0 Å². The van der Waals surface area contributed by atoms with Crippen LogP contribution in [0.1, 0.15) is 0 Å². The van der Waals surface area contributed by atoms with Gasteiger partial charge in [0.1, 0.15) is 0 Å². The van der Waals surface area contributed by atoms with Crippen LogP contribution in [0, 0.1) is 0 Å². The summed E-state index contributed by atoms with van der Waals surface area (Å²) in [6.07, 6.45) is 0. The maximum Gasteiger partial charge on any atom is -0.0171 e. The summed E-state index contributed by atoms with van der Waals surface area (Å²) in [5.41, 5.74) is 21.3. The average Bonchev–Trinajstić information content (AvgIpc) is 3.35. The molecule has 0 amide bonds. The summed E-state index contributed by atoms with van der Waals surface area (Å²) in [6, 6.07) is 92.7. The number of hydrogen-bond acceptors (Lipinski definition) is 0. The van der Waals surface area contributed by atoms with Crippen LogP contribution in [0.4, 0.5) is 47.0 Å². The molecule has 10 aromatic rings. The lowest BCUT2D eigenvalue weighted by atomic mass is 9.87. The highest BCUT2D eigenvalue weighted by atomic mass is 19.0. The SMILES string of the molecule is F.F.F.F.F.F.F.F.F.F.c1ccc(-c2cc(-c3ccccc3)cc(-c3cc(-c4cc(-c5ccccc5)cc(-c5ccccc5)c4)cc(-c4cc(-c5ccccc5)cc(-c5ccccc5)c4)c3)c2)cc1. The van der Waals surface area contributed by atoms with Crippen molar-refractivity contribution in [3.8, 4) is 100 Å². The molecular formula is C60H52F10. The largest absolute Gasteiger partial charge is 0.269 e. The molecule has 10 heteroatoms. The Morgan fingerprint density at radius 1 is 0.100 bits per heavy atom. The monoisotopic (exact) mass is 962 g/mol. The van der Waals surface area contributed by atoms with Crippen molar-refractivity contribution >= 4 is 0 Å². The van der Waals surface area contributed by atoms with Crippen molar-refractivity contribution in [2.24, 2.45) is 0 Å². The van der Waals surface area contributed by atoms with Gasteiger partial charge in [0.15, 0.2) is 0 Å². The van der Waals surface area contributed by atoms with E-state index in [-0.39, 0.29) is 47.0 Å². The zero-order valence-electron chi connectivity index (χ0n) is 37.3. The van der Waals surface area contributed by atoms with Gasteiger partial charge in [-0.05, 0) is 173 Å². The fourth-order valence-corrected chi connectivity index (χ4v) is 8.29. The molecule has 0 saturated carbocycles. The minimum Gasteiger partial charge on any atom is -0.269 e. The van der Waals surface area contributed by atoms with Crippen LogP contribution in [0.25, 0.3) is 100 Å². The second kappa shape index (κ2) is 28.0. The van der Waals surface area contributed by atoms with Crippen LogP contribution >= 0.6 is 0 Å². The van der Waals surface area contributed by atoms with Gasteiger partial charge >= 0.3 is 0 Å². The van der Waals surface area contributed by atoms with Crippen molar-refractivity contribution in [2.45, 2.75) is 0 Å². The lowest BCUT2D eigenvalue weighted by Gasteiger charge is -2.17. The summed E-state index contributed by atoms with van der Waals surface area (Å²) in [7, 11) is 0. The zero-order chi connectivity index (χ0) is 40.1. The van der Waals surface area contributed by atoms with E-state index in [1.54, 1.807) is 0 Å². The van der Waals surface area contributed by atoms with E-state index in [1.165, 1.54) is 83.5 Å². The van der Waals surface area contributed by atoms with Crippen molar-refractivity contribution < 1.29 is 47.0 Å². The standard InChI is InChI=1S/C60H42.10FH/c1-7-19-43(20-8-1)49-31-50(44-21-9-2-10-22-44)35-55(34-49)58-40-59(56-36-51(45-23-11-3-12-24-45)32-52(37-56)46-25-13-4-14-26-46)42-60(41-58)57-38-53(47-27-15-5-16-28-47)33-54(39-57)48-29-17-6-18-30-48;;;;;;;;;;/h1-42H;10*1H. The third kappa shape index (κ3) is 13.4. The number of rotatable bonds is 9. The molecule has 0 N–H and O–H groups in total. The lowest BCUT2D eigenvalue weighted by Crippen LogP contribution is -1.91. The van der Waals surface area contributed by atoms with Crippen molar-refractivity contribution in [3.05, 3.63) is 255 Å². The second-order valence-electron chi connectivity index (χ2n) is 15.4. The molecule has 0 saturated heterocycles. The molecule has 0 fully saturated rings. The Bertz CT molecular complexity index is 2550. The van der Waals surface area contributed by atoms with E-state index in [9.17, 15) is 0 Å². The van der Waals surface area contributed by atoms with Crippen LogP contribution in [0.2, 0.25) is 0 Å². The van der Waals surface area contributed by atoms with E-state index < -0.39 is 0 Å². The number of halogens is 10. The molecule has 70 heavy (non-hydrogen) atoms. The molecule has 0 unspecified atom stereocenters. The highest BCUT2D eigenvalue weighted by Gasteiger charge is 2.15. The Morgan fingerprint density at radius 3 is 0.286 bits per heavy atom.